The number of aliphatic hydroxyl groups excluding tert-OH is 1. The van der Waals surface area contributed by atoms with Crippen LogP contribution >= 0.6 is 0 Å². The van der Waals surface area contributed by atoms with Crippen LogP contribution in [0.5, 0.6) is 11.5 Å². The zero-order valence-electron chi connectivity index (χ0n) is 14.1. The quantitative estimate of drug-likeness (QED) is 0.571. The monoisotopic (exact) mass is 352 g/mol. The fraction of sp³-hybridized carbons (Fsp3) is 0.647. The van der Waals surface area contributed by atoms with Crippen molar-refractivity contribution in [2.45, 2.75) is 37.1 Å². The average Bonchev–Trinajstić information content (AvgIpc) is 3.25. The molecule has 8 nitrogen and oxygen atoms in total. The summed E-state index contributed by atoms with van der Waals surface area (Å²) in [4.78, 5) is 0. The molecular formula is C17H24N2O6. The minimum absolute atomic E-state index is 0.158. The highest BCUT2D eigenvalue weighted by Crippen LogP contribution is 2.33. The van der Waals surface area contributed by atoms with E-state index in [-0.39, 0.29) is 25.0 Å². The van der Waals surface area contributed by atoms with Gasteiger partial charge in [0.25, 0.3) is 0 Å². The van der Waals surface area contributed by atoms with E-state index >= 15 is 0 Å². The number of hydrogen-bond acceptors (Lipinski definition) is 8. The third-order valence-electron chi connectivity index (χ3n) is 4.83. The Morgan fingerprint density at radius 3 is 2.96 bits per heavy atom. The van der Waals surface area contributed by atoms with E-state index in [0.29, 0.717) is 26.3 Å². The van der Waals surface area contributed by atoms with Crippen molar-refractivity contribution in [1.82, 2.24) is 10.6 Å². The summed E-state index contributed by atoms with van der Waals surface area (Å²) >= 11 is 0. The summed E-state index contributed by atoms with van der Waals surface area (Å²) in [5.41, 5.74) is 1.06. The highest BCUT2D eigenvalue weighted by molar-refractivity contribution is 5.44. The third kappa shape index (κ3) is 3.46. The van der Waals surface area contributed by atoms with Crippen LogP contribution in [0.15, 0.2) is 18.2 Å². The molecule has 4 rings (SSSR count). The Morgan fingerprint density at radius 1 is 1.20 bits per heavy atom. The molecule has 3 aliphatic rings. The molecule has 2 bridgehead atoms. The van der Waals surface area contributed by atoms with Crippen LogP contribution < -0.4 is 20.1 Å². The number of rotatable bonds is 7. The van der Waals surface area contributed by atoms with Gasteiger partial charge in [-0.3, -0.25) is 0 Å². The first kappa shape index (κ1) is 17.0. The van der Waals surface area contributed by atoms with Gasteiger partial charge in [0.1, 0.15) is 6.10 Å². The zero-order valence-corrected chi connectivity index (χ0v) is 14.1. The highest BCUT2D eigenvalue weighted by Gasteiger charge is 2.49. The van der Waals surface area contributed by atoms with Crippen LogP contribution in [-0.4, -0.2) is 69.3 Å². The molecule has 3 heterocycles. The number of aliphatic hydroxyl groups is 1. The summed E-state index contributed by atoms with van der Waals surface area (Å²) in [6.45, 7) is 2.52. The second kappa shape index (κ2) is 7.45. The van der Waals surface area contributed by atoms with Crippen molar-refractivity contribution in [1.29, 1.82) is 0 Å². The molecule has 1 aromatic carbocycles. The Bertz CT molecular complexity index is 601. The maximum absolute atomic E-state index is 10.8. The highest BCUT2D eigenvalue weighted by atomic mass is 16.7. The fourth-order valence-electron chi connectivity index (χ4n) is 3.50. The van der Waals surface area contributed by atoms with Gasteiger partial charge < -0.3 is 39.4 Å². The number of hydrogen-bond donors (Lipinski definition) is 3. The lowest BCUT2D eigenvalue weighted by Crippen LogP contribution is -2.63. The molecule has 0 saturated carbocycles. The van der Waals surface area contributed by atoms with Gasteiger partial charge in [-0.15, -0.1) is 0 Å². The van der Waals surface area contributed by atoms with E-state index in [2.05, 4.69) is 10.6 Å². The van der Waals surface area contributed by atoms with Gasteiger partial charge in [0.05, 0.1) is 31.4 Å². The lowest BCUT2D eigenvalue weighted by Gasteiger charge is -2.39. The molecule has 0 aromatic heterocycles. The normalized spacial score (nSPS) is 33.0. The Kier molecular flexibility index (Phi) is 5.07. The van der Waals surface area contributed by atoms with Gasteiger partial charge >= 0.3 is 0 Å². The van der Waals surface area contributed by atoms with Gasteiger partial charge in [0.2, 0.25) is 6.79 Å². The van der Waals surface area contributed by atoms with Gasteiger partial charge in [-0.2, -0.15) is 0 Å². The van der Waals surface area contributed by atoms with E-state index in [1.54, 1.807) is 7.11 Å². The molecule has 8 heteroatoms. The number of methoxy groups -OCH3 is 1. The largest absolute Gasteiger partial charge is 0.454 e. The zero-order chi connectivity index (χ0) is 17.2. The summed E-state index contributed by atoms with van der Waals surface area (Å²) < 4.78 is 27.4. The molecule has 3 N–H and O–H groups in total. The Morgan fingerprint density at radius 2 is 2.08 bits per heavy atom. The van der Waals surface area contributed by atoms with E-state index in [0.717, 1.165) is 17.1 Å². The second-order valence-electron chi connectivity index (χ2n) is 6.43. The first-order valence-electron chi connectivity index (χ1n) is 8.55. The maximum atomic E-state index is 10.8. The molecule has 138 valence electrons. The van der Waals surface area contributed by atoms with Crippen LogP contribution in [0.1, 0.15) is 5.56 Å². The summed E-state index contributed by atoms with van der Waals surface area (Å²) in [6, 6.07) is 5.33. The lowest BCUT2D eigenvalue weighted by molar-refractivity contribution is -0.153. The molecule has 25 heavy (non-hydrogen) atoms. The van der Waals surface area contributed by atoms with Crippen LogP contribution in [0.3, 0.4) is 0 Å². The fourth-order valence-corrected chi connectivity index (χ4v) is 3.50. The minimum atomic E-state index is -0.614. The molecule has 0 amide bonds. The minimum Gasteiger partial charge on any atom is -0.454 e. The van der Waals surface area contributed by atoms with Gasteiger partial charge in [0, 0.05) is 20.2 Å². The van der Waals surface area contributed by atoms with Crippen LogP contribution in [0, 0.1) is 0 Å². The second-order valence-corrected chi connectivity index (χ2v) is 6.43. The van der Waals surface area contributed by atoms with Crippen LogP contribution in [0.2, 0.25) is 0 Å². The van der Waals surface area contributed by atoms with Crippen molar-refractivity contribution in [2.75, 3.05) is 33.7 Å². The molecule has 5 atom stereocenters. The van der Waals surface area contributed by atoms with Crippen molar-refractivity contribution < 1.29 is 28.8 Å². The van der Waals surface area contributed by atoms with Crippen molar-refractivity contribution in [2.24, 2.45) is 0 Å². The first-order valence-corrected chi connectivity index (χ1v) is 8.55. The van der Waals surface area contributed by atoms with Gasteiger partial charge in [-0.1, -0.05) is 6.07 Å². The Labute approximate surface area is 146 Å². The Hall–Kier alpha value is -1.42. The average molecular weight is 352 g/mol. The van der Waals surface area contributed by atoms with E-state index in [1.807, 2.05) is 18.2 Å². The van der Waals surface area contributed by atoms with Gasteiger partial charge in [0.15, 0.2) is 17.8 Å². The van der Waals surface area contributed by atoms with Crippen molar-refractivity contribution in [3.63, 3.8) is 0 Å². The number of benzene rings is 1. The van der Waals surface area contributed by atoms with Gasteiger partial charge in [-0.25, -0.2) is 0 Å². The van der Waals surface area contributed by atoms with Gasteiger partial charge in [-0.05, 0) is 17.7 Å². The molecule has 1 aromatic rings. The van der Waals surface area contributed by atoms with Crippen molar-refractivity contribution in [3.05, 3.63) is 23.8 Å². The molecule has 2 saturated heterocycles. The maximum Gasteiger partial charge on any atom is 0.231 e. The summed E-state index contributed by atoms with van der Waals surface area (Å²) in [5, 5.41) is 17.4. The van der Waals surface area contributed by atoms with E-state index in [4.69, 9.17) is 23.7 Å². The summed E-state index contributed by atoms with van der Waals surface area (Å²) in [5.74, 6) is 1.52. The summed E-state index contributed by atoms with van der Waals surface area (Å²) in [6.07, 6.45) is -1.19. The molecular weight excluding hydrogens is 328 g/mol. The third-order valence-corrected chi connectivity index (χ3v) is 4.83. The molecule has 2 fully saturated rings. The van der Waals surface area contributed by atoms with Crippen LogP contribution in [0.4, 0.5) is 0 Å². The number of nitrogens with one attached hydrogen (secondary N) is 2. The molecule has 0 unspecified atom stereocenters. The van der Waals surface area contributed by atoms with E-state index in [1.165, 1.54) is 0 Å². The topological polar surface area (TPSA) is 90.4 Å². The predicted molar refractivity (Wildman–Crippen MR) is 87.5 cm³/mol. The van der Waals surface area contributed by atoms with E-state index < -0.39 is 12.4 Å². The number of fused-ring (bicyclic) bond motifs is 3. The predicted octanol–water partition coefficient (Wildman–Crippen LogP) is -0.406. The smallest absolute Gasteiger partial charge is 0.231 e. The number of ether oxygens (including phenoxy) is 5. The molecule has 3 aliphatic heterocycles. The van der Waals surface area contributed by atoms with E-state index in [9.17, 15) is 5.11 Å². The molecule has 0 spiro atoms. The molecule has 0 aliphatic carbocycles. The lowest BCUT2D eigenvalue weighted by atomic mass is 9.95. The molecule has 0 radical (unpaired) electrons. The van der Waals surface area contributed by atoms with Crippen LogP contribution in [0.25, 0.3) is 0 Å². The van der Waals surface area contributed by atoms with Crippen LogP contribution in [-0.2, 0) is 20.8 Å². The summed E-state index contributed by atoms with van der Waals surface area (Å²) in [7, 11) is 1.65. The standard InChI is InChI=1S/C17H24N2O6/c1-21-5-4-18-15-16(20)14(13-8-22-17(15)25-13)19-7-10-2-3-11-12(6-10)24-9-23-11/h2-3,6,13-20H,4-5,7-9H2,1H3/t13-,14+,15-,16-,17+/m0/s1. The van der Waals surface area contributed by atoms with Crippen molar-refractivity contribution >= 4 is 0 Å². The Balaban J connectivity index is 1.39. The SMILES string of the molecule is COCCN[C@@H]1[C@@H]2OC[C@H](O2)[C@@H](NCc2ccc3c(c2)OCO3)[C@@H]1O. The first-order chi connectivity index (χ1) is 12.3. The van der Waals surface area contributed by atoms with Crippen molar-refractivity contribution in [3.8, 4) is 11.5 Å².